The Morgan fingerprint density at radius 3 is 2.03 bits per heavy atom. The molecule has 0 saturated heterocycles. The average Bonchev–Trinajstić information content (AvgIpc) is 2.94. The molecule has 1 amide bonds. The topological polar surface area (TPSA) is 46.6 Å². The van der Waals surface area contributed by atoms with Gasteiger partial charge in [0.1, 0.15) is 0 Å². The molecule has 5 heteroatoms. The fourth-order valence-electron chi connectivity index (χ4n) is 4.38. The van der Waals surface area contributed by atoms with Crippen molar-refractivity contribution in [3.05, 3.63) is 106 Å². The molecule has 0 aromatic heterocycles. The van der Waals surface area contributed by atoms with Crippen LogP contribution in [0.4, 0.5) is 0 Å². The molecule has 0 heterocycles. The van der Waals surface area contributed by atoms with Crippen LogP contribution in [0, 0.1) is 11.8 Å². The molecule has 3 rings (SSSR count). The third kappa shape index (κ3) is 8.73. The van der Waals surface area contributed by atoms with Gasteiger partial charge in [-0.25, -0.2) is 4.79 Å². The van der Waals surface area contributed by atoms with Crippen molar-refractivity contribution in [1.29, 1.82) is 0 Å². The second-order valence-electron chi connectivity index (χ2n) is 10.1. The molecule has 0 saturated carbocycles. The van der Waals surface area contributed by atoms with Gasteiger partial charge in [0.2, 0.25) is 0 Å². The summed E-state index contributed by atoms with van der Waals surface area (Å²) >= 11 is 6.23. The van der Waals surface area contributed by atoms with Crippen LogP contribution < -0.4 is 0 Å². The summed E-state index contributed by atoms with van der Waals surface area (Å²) in [6.07, 6.45) is 6.16. The number of rotatable bonds is 10. The zero-order valence-electron chi connectivity index (χ0n) is 23.4. The van der Waals surface area contributed by atoms with Crippen molar-refractivity contribution in [3.63, 3.8) is 0 Å². The van der Waals surface area contributed by atoms with Gasteiger partial charge in [0, 0.05) is 22.7 Å². The van der Waals surface area contributed by atoms with Crippen LogP contribution in [-0.2, 0) is 32.8 Å². The van der Waals surface area contributed by atoms with Crippen LogP contribution in [0.5, 0.6) is 0 Å². The summed E-state index contributed by atoms with van der Waals surface area (Å²) in [5.74, 6) is 4.89. The van der Waals surface area contributed by atoms with Gasteiger partial charge in [-0.2, -0.15) is 0 Å². The Kier molecular flexibility index (Phi) is 11.2. The molecule has 0 aliphatic carbocycles. The second-order valence-corrected chi connectivity index (χ2v) is 10.6. The Hall–Kier alpha value is -3.55. The summed E-state index contributed by atoms with van der Waals surface area (Å²) < 4.78 is 5.03. The van der Waals surface area contributed by atoms with Crippen LogP contribution >= 0.6 is 11.6 Å². The van der Waals surface area contributed by atoms with Gasteiger partial charge in [0.05, 0.1) is 12.1 Å². The summed E-state index contributed by atoms with van der Waals surface area (Å²) in [4.78, 5) is 27.1. The highest BCUT2D eigenvalue weighted by Gasteiger charge is 2.36. The number of benzene rings is 3. The lowest BCUT2D eigenvalue weighted by Gasteiger charge is -2.38. The number of nitrogens with zero attached hydrogens (tertiary/aromatic N) is 1. The van der Waals surface area contributed by atoms with Gasteiger partial charge in [0.25, 0.3) is 0 Å². The van der Waals surface area contributed by atoms with Gasteiger partial charge >= 0.3 is 11.9 Å². The van der Waals surface area contributed by atoms with E-state index in [1.807, 2.05) is 56.3 Å². The van der Waals surface area contributed by atoms with Crippen molar-refractivity contribution >= 4 is 23.5 Å². The molecular weight excluding hydrogens is 506 g/mol. The van der Waals surface area contributed by atoms with E-state index < -0.39 is 17.4 Å². The van der Waals surface area contributed by atoms with Gasteiger partial charge in [-0.15, -0.1) is 0 Å². The monoisotopic (exact) mass is 543 g/mol. The predicted octanol–water partition coefficient (Wildman–Crippen LogP) is 7.69. The van der Waals surface area contributed by atoms with Crippen molar-refractivity contribution in [1.82, 2.24) is 4.90 Å². The first-order chi connectivity index (χ1) is 18.7. The fourth-order valence-corrected chi connectivity index (χ4v) is 4.57. The Labute approximate surface area is 238 Å². The lowest BCUT2D eigenvalue weighted by atomic mass is 9.91. The van der Waals surface area contributed by atoms with E-state index in [9.17, 15) is 9.59 Å². The first-order valence-electron chi connectivity index (χ1n) is 13.7. The number of halogens is 1. The van der Waals surface area contributed by atoms with Crippen LogP contribution in [0.3, 0.4) is 0 Å². The van der Waals surface area contributed by atoms with Gasteiger partial charge in [-0.05, 0) is 86.7 Å². The largest absolute Gasteiger partial charge is 0.459 e. The Bertz CT molecular complexity index is 1300. The molecule has 4 nitrogen and oxygen atoms in total. The van der Waals surface area contributed by atoms with Crippen LogP contribution in [0.15, 0.2) is 72.8 Å². The number of amides is 1. The normalized spacial score (nSPS) is 10.9. The van der Waals surface area contributed by atoms with E-state index in [2.05, 4.69) is 43.0 Å². The standard InChI is InChI=1S/C34H38ClNO3/c1-5-7-8-9-11-26-14-16-27(17-15-26)18-19-28-20-22-29(23-21-28)25-36(32(37)33(38)39-6-2)34(3,4)30-12-10-13-31(35)24-30/h10,12-17,20-24H,5-9,11,25H2,1-4H3. The summed E-state index contributed by atoms with van der Waals surface area (Å²) in [6.45, 7) is 8.06. The number of hydrogen-bond acceptors (Lipinski definition) is 3. The van der Waals surface area contributed by atoms with Crippen molar-refractivity contribution in [2.24, 2.45) is 0 Å². The van der Waals surface area contributed by atoms with E-state index in [4.69, 9.17) is 16.3 Å². The molecule has 0 aliphatic heterocycles. The van der Waals surface area contributed by atoms with Crippen LogP contribution in [-0.4, -0.2) is 23.4 Å². The van der Waals surface area contributed by atoms with Gasteiger partial charge in [-0.1, -0.05) is 86.0 Å². The van der Waals surface area contributed by atoms with Crippen LogP contribution in [0.2, 0.25) is 5.02 Å². The lowest BCUT2D eigenvalue weighted by molar-refractivity contribution is -0.163. The molecule has 0 spiro atoms. The number of carbonyl (C=O) groups excluding carboxylic acids is 2. The minimum atomic E-state index is -0.873. The molecule has 0 N–H and O–H groups in total. The summed E-state index contributed by atoms with van der Waals surface area (Å²) in [7, 11) is 0. The molecule has 204 valence electrons. The quantitative estimate of drug-likeness (QED) is 0.114. The molecule has 0 atom stereocenters. The van der Waals surface area contributed by atoms with Gasteiger partial charge in [0.15, 0.2) is 0 Å². The van der Waals surface area contributed by atoms with E-state index in [1.54, 1.807) is 13.0 Å². The summed E-state index contributed by atoms with van der Waals surface area (Å²) in [6, 6.07) is 23.5. The molecule has 0 radical (unpaired) electrons. The maximum atomic E-state index is 13.2. The Balaban J connectivity index is 1.74. The minimum absolute atomic E-state index is 0.130. The van der Waals surface area contributed by atoms with E-state index in [0.29, 0.717) is 5.02 Å². The number of ether oxygens (including phenoxy) is 1. The summed E-state index contributed by atoms with van der Waals surface area (Å²) in [5.41, 5.74) is 4.09. The molecule has 0 unspecified atom stereocenters. The van der Waals surface area contributed by atoms with E-state index in [0.717, 1.165) is 28.7 Å². The summed E-state index contributed by atoms with van der Waals surface area (Å²) in [5, 5.41) is 0.564. The maximum Gasteiger partial charge on any atom is 0.397 e. The van der Waals surface area contributed by atoms with Crippen molar-refractivity contribution in [2.45, 2.75) is 71.9 Å². The fraction of sp³-hybridized carbons (Fsp3) is 0.353. The molecule has 0 aliphatic rings. The number of unbranched alkanes of at least 4 members (excludes halogenated alkanes) is 3. The third-order valence-corrected chi connectivity index (χ3v) is 7.05. The SMILES string of the molecule is CCCCCCc1ccc(C#Cc2ccc(CN(C(=O)C(=O)OCC)C(C)(C)c3cccc(Cl)c3)cc2)cc1. The molecular formula is C34H38ClNO3. The smallest absolute Gasteiger partial charge is 0.397 e. The highest BCUT2D eigenvalue weighted by Crippen LogP contribution is 2.31. The first kappa shape index (κ1) is 30.0. The number of carbonyl (C=O) groups is 2. The van der Waals surface area contributed by atoms with Crippen molar-refractivity contribution in [3.8, 4) is 11.8 Å². The highest BCUT2D eigenvalue weighted by atomic mass is 35.5. The van der Waals surface area contributed by atoms with E-state index >= 15 is 0 Å². The van der Waals surface area contributed by atoms with Gasteiger partial charge < -0.3 is 9.64 Å². The van der Waals surface area contributed by atoms with E-state index in [-0.39, 0.29) is 13.2 Å². The second kappa shape index (κ2) is 14.6. The molecule has 3 aromatic carbocycles. The van der Waals surface area contributed by atoms with Crippen molar-refractivity contribution in [2.75, 3.05) is 6.61 Å². The Morgan fingerprint density at radius 2 is 1.46 bits per heavy atom. The lowest BCUT2D eigenvalue weighted by Crippen LogP contribution is -2.48. The Morgan fingerprint density at radius 1 is 0.846 bits per heavy atom. The zero-order valence-corrected chi connectivity index (χ0v) is 24.2. The van der Waals surface area contributed by atoms with Crippen LogP contribution in [0.1, 0.15) is 81.2 Å². The third-order valence-electron chi connectivity index (χ3n) is 6.82. The molecule has 0 fully saturated rings. The average molecular weight is 544 g/mol. The molecule has 39 heavy (non-hydrogen) atoms. The number of aryl methyl sites for hydroxylation is 1. The van der Waals surface area contributed by atoms with Crippen molar-refractivity contribution < 1.29 is 14.3 Å². The number of hydrogen-bond donors (Lipinski definition) is 0. The van der Waals surface area contributed by atoms with E-state index in [1.165, 1.54) is 36.1 Å². The predicted molar refractivity (Wildman–Crippen MR) is 158 cm³/mol. The number of esters is 1. The maximum absolute atomic E-state index is 13.2. The highest BCUT2D eigenvalue weighted by molar-refractivity contribution is 6.32. The minimum Gasteiger partial charge on any atom is -0.459 e. The van der Waals surface area contributed by atoms with Gasteiger partial charge in [-0.3, -0.25) is 4.79 Å². The van der Waals surface area contributed by atoms with Crippen LogP contribution in [0.25, 0.3) is 0 Å². The molecule has 3 aromatic rings. The zero-order chi connectivity index (χ0) is 28.3. The molecule has 0 bridgehead atoms. The first-order valence-corrected chi connectivity index (χ1v) is 14.1.